The molecule has 7 heteroatoms. The highest BCUT2D eigenvalue weighted by Crippen LogP contribution is 2.21. The topological polar surface area (TPSA) is 72.8 Å². The van der Waals surface area contributed by atoms with Crippen LogP contribution in [-0.4, -0.2) is 17.0 Å². The summed E-state index contributed by atoms with van der Waals surface area (Å²) in [5.74, 6) is -3.24. The minimum atomic E-state index is -0.976. The summed E-state index contributed by atoms with van der Waals surface area (Å²) in [6.07, 6.45) is 0. The molecule has 0 fully saturated rings. The zero-order chi connectivity index (χ0) is 19.4. The predicted octanol–water partition coefficient (Wildman–Crippen LogP) is 4.11. The Labute approximate surface area is 152 Å². The summed E-state index contributed by atoms with van der Waals surface area (Å²) >= 11 is 0. The number of halogens is 2. The molecule has 0 heterocycles. The second-order valence-corrected chi connectivity index (χ2v) is 5.42. The van der Waals surface area contributed by atoms with Crippen molar-refractivity contribution in [3.8, 4) is 17.2 Å². The number of hydrogen-bond acceptors (Lipinski definition) is 5. The predicted molar refractivity (Wildman–Crippen MR) is 90.8 cm³/mol. The van der Waals surface area contributed by atoms with Crippen molar-refractivity contribution in [2.75, 3.05) is 0 Å². The van der Waals surface area contributed by atoms with Crippen LogP contribution in [-0.2, 0) is 0 Å². The highest BCUT2D eigenvalue weighted by atomic mass is 19.1. The van der Waals surface area contributed by atoms with Crippen LogP contribution in [0.1, 0.15) is 20.7 Å². The maximum absolute atomic E-state index is 14.2. The van der Waals surface area contributed by atoms with Crippen LogP contribution in [0, 0.1) is 11.6 Å². The van der Waals surface area contributed by atoms with Crippen molar-refractivity contribution in [3.05, 3.63) is 89.5 Å². The molecule has 0 spiro atoms. The number of benzene rings is 3. The minimum Gasteiger partial charge on any atom is -0.508 e. The summed E-state index contributed by atoms with van der Waals surface area (Å²) in [4.78, 5) is 24.0. The molecular formula is C20H12F2O5. The summed E-state index contributed by atoms with van der Waals surface area (Å²) in [6, 6.07) is 13.2. The van der Waals surface area contributed by atoms with Crippen molar-refractivity contribution in [3.63, 3.8) is 0 Å². The Hall–Kier alpha value is -3.74. The molecule has 0 aliphatic rings. The SMILES string of the molecule is O=C(Oc1ccc(C(=O)Oc2ccc(F)cc2)c(F)c1)c1ccc(O)cc1. The van der Waals surface area contributed by atoms with Gasteiger partial charge in [-0.05, 0) is 60.7 Å². The van der Waals surface area contributed by atoms with Crippen LogP contribution >= 0.6 is 0 Å². The highest BCUT2D eigenvalue weighted by molar-refractivity contribution is 5.93. The van der Waals surface area contributed by atoms with E-state index in [0.717, 1.165) is 24.3 Å². The molecule has 0 saturated carbocycles. The molecule has 0 amide bonds. The molecule has 0 saturated heterocycles. The lowest BCUT2D eigenvalue weighted by Gasteiger charge is -2.08. The number of rotatable bonds is 4. The Morgan fingerprint density at radius 1 is 0.741 bits per heavy atom. The molecule has 3 rings (SSSR count). The van der Waals surface area contributed by atoms with Gasteiger partial charge in [0.2, 0.25) is 0 Å². The van der Waals surface area contributed by atoms with Crippen LogP contribution < -0.4 is 9.47 Å². The van der Waals surface area contributed by atoms with Gasteiger partial charge in [0.05, 0.1) is 11.1 Å². The Morgan fingerprint density at radius 3 is 1.96 bits per heavy atom. The molecule has 0 atom stereocenters. The molecule has 1 N–H and O–H groups in total. The summed E-state index contributed by atoms with van der Waals surface area (Å²) in [6.45, 7) is 0. The Morgan fingerprint density at radius 2 is 1.33 bits per heavy atom. The monoisotopic (exact) mass is 370 g/mol. The normalized spacial score (nSPS) is 10.3. The van der Waals surface area contributed by atoms with Crippen molar-refractivity contribution in [1.29, 1.82) is 0 Å². The second kappa shape index (κ2) is 7.65. The molecule has 0 radical (unpaired) electrons. The second-order valence-electron chi connectivity index (χ2n) is 5.42. The van der Waals surface area contributed by atoms with Crippen molar-refractivity contribution in [1.82, 2.24) is 0 Å². The maximum Gasteiger partial charge on any atom is 0.346 e. The smallest absolute Gasteiger partial charge is 0.346 e. The van der Waals surface area contributed by atoms with Crippen LogP contribution in [0.3, 0.4) is 0 Å². The van der Waals surface area contributed by atoms with E-state index in [1.807, 2.05) is 0 Å². The highest BCUT2D eigenvalue weighted by Gasteiger charge is 2.17. The minimum absolute atomic E-state index is 0.0124. The van der Waals surface area contributed by atoms with E-state index in [0.29, 0.717) is 0 Å². The van der Waals surface area contributed by atoms with Gasteiger partial charge in [-0.3, -0.25) is 0 Å². The first-order valence-electron chi connectivity index (χ1n) is 7.71. The number of phenolic OH excluding ortho intramolecular Hbond substituents is 1. The summed E-state index contributed by atoms with van der Waals surface area (Å²) < 4.78 is 37.0. The van der Waals surface area contributed by atoms with Crippen molar-refractivity contribution in [2.24, 2.45) is 0 Å². The van der Waals surface area contributed by atoms with Crippen LogP contribution in [0.15, 0.2) is 66.7 Å². The first kappa shape index (κ1) is 18.1. The van der Waals surface area contributed by atoms with Crippen LogP contribution in [0.4, 0.5) is 8.78 Å². The molecule has 5 nitrogen and oxygen atoms in total. The lowest BCUT2D eigenvalue weighted by Crippen LogP contribution is -2.12. The zero-order valence-corrected chi connectivity index (χ0v) is 13.7. The van der Waals surface area contributed by atoms with E-state index in [9.17, 15) is 23.5 Å². The molecule has 0 aromatic heterocycles. The van der Waals surface area contributed by atoms with E-state index >= 15 is 0 Å². The lowest BCUT2D eigenvalue weighted by molar-refractivity contribution is 0.0728. The van der Waals surface area contributed by atoms with E-state index in [1.165, 1.54) is 42.5 Å². The van der Waals surface area contributed by atoms with Gasteiger partial charge >= 0.3 is 11.9 Å². The number of ether oxygens (including phenoxy) is 2. The number of aromatic hydroxyl groups is 1. The number of phenols is 1. The quantitative estimate of drug-likeness (QED) is 0.553. The number of hydrogen-bond donors (Lipinski definition) is 1. The van der Waals surface area contributed by atoms with E-state index < -0.39 is 23.6 Å². The average Bonchev–Trinajstić information content (AvgIpc) is 2.64. The van der Waals surface area contributed by atoms with Gasteiger partial charge in [0.25, 0.3) is 0 Å². The fraction of sp³-hybridized carbons (Fsp3) is 0. The third-order valence-electron chi connectivity index (χ3n) is 3.50. The third kappa shape index (κ3) is 4.46. The van der Waals surface area contributed by atoms with E-state index in [4.69, 9.17) is 9.47 Å². The molecular weight excluding hydrogens is 358 g/mol. The van der Waals surface area contributed by atoms with E-state index in [1.54, 1.807) is 0 Å². The van der Waals surface area contributed by atoms with Gasteiger partial charge in [-0.15, -0.1) is 0 Å². The molecule has 3 aromatic rings. The fourth-order valence-corrected chi connectivity index (χ4v) is 2.15. The van der Waals surface area contributed by atoms with Gasteiger partial charge in [-0.25, -0.2) is 18.4 Å². The zero-order valence-electron chi connectivity index (χ0n) is 13.7. The lowest BCUT2D eigenvalue weighted by atomic mass is 10.2. The van der Waals surface area contributed by atoms with Gasteiger partial charge in [-0.1, -0.05) is 0 Å². The molecule has 3 aromatic carbocycles. The number of carbonyl (C=O) groups is 2. The van der Waals surface area contributed by atoms with Crippen LogP contribution in [0.2, 0.25) is 0 Å². The van der Waals surface area contributed by atoms with Crippen molar-refractivity contribution >= 4 is 11.9 Å². The molecule has 136 valence electrons. The first-order valence-corrected chi connectivity index (χ1v) is 7.71. The third-order valence-corrected chi connectivity index (χ3v) is 3.50. The van der Waals surface area contributed by atoms with Gasteiger partial charge < -0.3 is 14.6 Å². The van der Waals surface area contributed by atoms with Crippen molar-refractivity contribution in [2.45, 2.75) is 0 Å². The number of esters is 2. The summed E-state index contributed by atoms with van der Waals surface area (Å²) in [5, 5.41) is 9.20. The van der Waals surface area contributed by atoms with Gasteiger partial charge in [0, 0.05) is 6.07 Å². The molecule has 0 unspecified atom stereocenters. The molecule has 0 aliphatic heterocycles. The van der Waals surface area contributed by atoms with Gasteiger partial charge in [0.15, 0.2) is 0 Å². The Bertz CT molecular complexity index is 982. The summed E-state index contributed by atoms with van der Waals surface area (Å²) in [5.41, 5.74) is -0.211. The largest absolute Gasteiger partial charge is 0.508 e. The number of carbonyl (C=O) groups excluding carboxylic acids is 2. The maximum atomic E-state index is 14.2. The standard InChI is InChI=1S/C20H12F2O5/c21-13-3-7-15(8-4-13)26-20(25)17-10-9-16(11-18(17)22)27-19(24)12-1-5-14(23)6-2-12/h1-11,23H. The molecule has 0 aliphatic carbocycles. The van der Waals surface area contributed by atoms with Gasteiger partial charge in [-0.2, -0.15) is 0 Å². The van der Waals surface area contributed by atoms with E-state index in [-0.39, 0.29) is 28.4 Å². The van der Waals surface area contributed by atoms with E-state index in [2.05, 4.69) is 0 Å². The van der Waals surface area contributed by atoms with Crippen molar-refractivity contribution < 1.29 is 33.0 Å². The molecule has 27 heavy (non-hydrogen) atoms. The molecule has 0 bridgehead atoms. The van der Waals surface area contributed by atoms with Crippen LogP contribution in [0.25, 0.3) is 0 Å². The summed E-state index contributed by atoms with van der Waals surface area (Å²) in [7, 11) is 0. The first-order chi connectivity index (χ1) is 12.9. The Kier molecular flexibility index (Phi) is 5.12. The Balaban J connectivity index is 1.71. The van der Waals surface area contributed by atoms with Crippen LogP contribution in [0.5, 0.6) is 17.2 Å². The fourth-order valence-electron chi connectivity index (χ4n) is 2.15. The average molecular weight is 370 g/mol. The van der Waals surface area contributed by atoms with Gasteiger partial charge in [0.1, 0.15) is 28.9 Å².